The van der Waals surface area contributed by atoms with E-state index in [2.05, 4.69) is 20.5 Å². The first kappa shape index (κ1) is 30.0. The van der Waals surface area contributed by atoms with Gasteiger partial charge in [0.1, 0.15) is 0 Å². The summed E-state index contributed by atoms with van der Waals surface area (Å²) in [6.07, 6.45) is 0. The molecule has 0 amide bonds. The maximum absolute atomic E-state index is 11.9. The fourth-order valence-electron chi connectivity index (χ4n) is 4.25. The van der Waals surface area contributed by atoms with Gasteiger partial charge in [-0.25, -0.2) is 0 Å². The van der Waals surface area contributed by atoms with Crippen molar-refractivity contribution in [1.82, 2.24) is 0 Å². The highest BCUT2D eigenvalue weighted by atomic mass is 32.2. The maximum atomic E-state index is 11.9. The summed E-state index contributed by atoms with van der Waals surface area (Å²) >= 11 is 0. The number of rotatable bonds is 7. The SMILES string of the molecule is Cc1ccc(N=Nc2ccc(N=Nc3ccc(S(=O)(=O)O)cc3)c3cc(S(=O)(=O)O)ccc23)c2cc(S(=O)(=O)O)ccc12. The predicted octanol–water partition coefficient (Wildman–Crippen LogP) is 6.87. The van der Waals surface area contributed by atoms with Gasteiger partial charge in [0, 0.05) is 16.2 Å². The molecule has 0 aromatic heterocycles. The highest BCUT2D eigenvalue weighted by Gasteiger charge is 2.15. The number of nitrogens with zero attached hydrogens (tertiary/aromatic N) is 4. The van der Waals surface area contributed by atoms with E-state index >= 15 is 0 Å². The van der Waals surface area contributed by atoms with Gasteiger partial charge in [-0.15, -0.1) is 15.3 Å². The highest BCUT2D eigenvalue weighted by molar-refractivity contribution is 7.86. The molecule has 13 nitrogen and oxygen atoms in total. The van der Waals surface area contributed by atoms with Crippen LogP contribution >= 0.6 is 0 Å². The fourth-order valence-corrected chi connectivity index (χ4v) is 5.74. The molecule has 220 valence electrons. The topological polar surface area (TPSA) is 213 Å². The minimum atomic E-state index is -4.59. The van der Waals surface area contributed by atoms with Crippen LogP contribution in [-0.2, 0) is 30.4 Å². The van der Waals surface area contributed by atoms with E-state index in [1.54, 1.807) is 18.2 Å². The average molecular weight is 641 g/mol. The second kappa shape index (κ2) is 11.0. The van der Waals surface area contributed by atoms with Gasteiger partial charge in [-0.05, 0) is 84.6 Å². The zero-order valence-corrected chi connectivity index (χ0v) is 24.3. The van der Waals surface area contributed by atoms with E-state index in [4.69, 9.17) is 4.55 Å². The van der Waals surface area contributed by atoms with E-state index in [-0.39, 0.29) is 32.2 Å². The van der Waals surface area contributed by atoms with Crippen LogP contribution in [0.3, 0.4) is 0 Å². The lowest BCUT2D eigenvalue weighted by Crippen LogP contribution is -1.97. The van der Waals surface area contributed by atoms with E-state index in [0.717, 1.165) is 17.7 Å². The molecule has 0 saturated heterocycles. The molecule has 5 rings (SSSR count). The van der Waals surface area contributed by atoms with Crippen molar-refractivity contribution in [2.45, 2.75) is 21.6 Å². The van der Waals surface area contributed by atoms with Gasteiger partial charge in [-0.2, -0.15) is 30.4 Å². The van der Waals surface area contributed by atoms with Crippen LogP contribution < -0.4 is 0 Å². The molecule has 0 radical (unpaired) electrons. The summed E-state index contributed by atoms with van der Waals surface area (Å²) in [5.74, 6) is 0. The molecule has 0 atom stereocenters. The second-order valence-electron chi connectivity index (χ2n) is 9.24. The zero-order chi connectivity index (χ0) is 31.2. The third-order valence-corrected chi connectivity index (χ3v) is 8.96. The van der Waals surface area contributed by atoms with Gasteiger partial charge in [0.25, 0.3) is 30.4 Å². The molecular formula is C27H20N4O9S3. The highest BCUT2D eigenvalue weighted by Crippen LogP contribution is 2.38. The zero-order valence-electron chi connectivity index (χ0n) is 21.9. The number of hydrogen-bond acceptors (Lipinski definition) is 10. The van der Waals surface area contributed by atoms with Crippen LogP contribution in [0.4, 0.5) is 22.7 Å². The molecular weight excluding hydrogens is 621 g/mol. The molecule has 5 aromatic rings. The molecule has 0 bridgehead atoms. The van der Waals surface area contributed by atoms with Crippen LogP contribution in [0.15, 0.2) is 120 Å². The van der Waals surface area contributed by atoms with Crippen LogP contribution in [0.25, 0.3) is 21.5 Å². The Balaban J connectivity index is 1.61. The minimum Gasteiger partial charge on any atom is -0.282 e. The Bertz CT molecular complexity index is 2320. The summed E-state index contributed by atoms with van der Waals surface area (Å²) < 4.78 is 98.0. The van der Waals surface area contributed by atoms with E-state index in [1.807, 2.05) is 6.92 Å². The summed E-state index contributed by atoms with van der Waals surface area (Å²) in [6.45, 7) is 1.83. The summed E-state index contributed by atoms with van der Waals surface area (Å²) in [7, 11) is -13.5. The van der Waals surface area contributed by atoms with Gasteiger partial charge in [0.2, 0.25) is 0 Å². The monoisotopic (exact) mass is 640 g/mol. The summed E-state index contributed by atoms with van der Waals surface area (Å²) in [6, 6.07) is 19.2. The van der Waals surface area contributed by atoms with Crippen molar-refractivity contribution in [3.05, 3.63) is 90.5 Å². The Morgan fingerprint density at radius 1 is 0.442 bits per heavy atom. The van der Waals surface area contributed by atoms with Crippen molar-refractivity contribution in [2.24, 2.45) is 20.5 Å². The Kier molecular flexibility index (Phi) is 7.68. The van der Waals surface area contributed by atoms with Crippen molar-refractivity contribution in [3.63, 3.8) is 0 Å². The number of aryl methyl sites for hydroxylation is 1. The first-order valence-electron chi connectivity index (χ1n) is 12.1. The van der Waals surface area contributed by atoms with Crippen molar-refractivity contribution in [2.75, 3.05) is 0 Å². The van der Waals surface area contributed by atoms with E-state index < -0.39 is 35.2 Å². The lowest BCUT2D eigenvalue weighted by molar-refractivity contribution is 0.481. The lowest BCUT2D eigenvalue weighted by atomic mass is 10.0. The van der Waals surface area contributed by atoms with E-state index in [0.29, 0.717) is 21.8 Å². The van der Waals surface area contributed by atoms with Gasteiger partial charge < -0.3 is 0 Å². The third-order valence-electron chi connectivity index (χ3n) is 6.39. The van der Waals surface area contributed by atoms with Crippen LogP contribution in [0.1, 0.15) is 5.56 Å². The predicted molar refractivity (Wildman–Crippen MR) is 157 cm³/mol. The van der Waals surface area contributed by atoms with E-state index in [9.17, 15) is 34.4 Å². The fraction of sp³-hybridized carbons (Fsp3) is 0.0370. The van der Waals surface area contributed by atoms with Crippen LogP contribution in [0.2, 0.25) is 0 Å². The lowest BCUT2D eigenvalue weighted by Gasteiger charge is -2.08. The number of azo groups is 2. The Labute approximate surface area is 245 Å². The number of fused-ring (bicyclic) bond motifs is 2. The van der Waals surface area contributed by atoms with Crippen molar-refractivity contribution >= 4 is 74.6 Å². The Hall–Kier alpha value is -4.45. The van der Waals surface area contributed by atoms with Crippen LogP contribution in [0.5, 0.6) is 0 Å². The average Bonchev–Trinajstić information content (AvgIpc) is 2.94. The minimum absolute atomic E-state index is 0.178. The van der Waals surface area contributed by atoms with Crippen molar-refractivity contribution in [3.8, 4) is 0 Å². The molecule has 16 heteroatoms. The summed E-state index contributed by atoms with van der Waals surface area (Å²) in [4.78, 5) is -1.06. The third kappa shape index (κ3) is 6.48. The number of benzene rings is 5. The molecule has 0 aliphatic heterocycles. The molecule has 0 unspecified atom stereocenters. The standard InChI is InChI=1S/C27H20N4O9S3/c1-16-2-11-26(23-14-19(42(35,36)37)7-9-21(16)23)31-30-25-12-13-27(24-15-20(43(38,39)40)8-10-22(24)25)29-28-17-3-5-18(6-4-17)41(32,33)34/h2-15H,1H3,(H,32,33,34)(H,35,36,37)(H,38,39,40). The second-order valence-corrected chi connectivity index (χ2v) is 13.5. The first-order chi connectivity index (χ1) is 20.1. The van der Waals surface area contributed by atoms with Gasteiger partial charge in [-0.3, -0.25) is 13.7 Å². The van der Waals surface area contributed by atoms with Gasteiger partial charge >= 0.3 is 0 Å². The quantitative estimate of drug-likeness (QED) is 0.125. The largest absolute Gasteiger partial charge is 0.294 e. The molecule has 0 aliphatic carbocycles. The van der Waals surface area contributed by atoms with Gasteiger partial charge in [0.05, 0.1) is 37.4 Å². The van der Waals surface area contributed by atoms with Crippen LogP contribution in [-0.4, -0.2) is 38.9 Å². The smallest absolute Gasteiger partial charge is 0.282 e. The Morgan fingerprint density at radius 2 is 0.837 bits per heavy atom. The molecule has 5 aromatic carbocycles. The van der Waals surface area contributed by atoms with E-state index in [1.165, 1.54) is 54.6 Å². The summed E-state index contributed by atoms with van der Waals surface area (Å²) in [5.41, 5.74) is 1.81. The van der Waals surface area contributed by atoms with Gasteiger partial charge in [-0.1, -0.05) is 18.2 Å². The molecule has 0 saturated carbocycles. The van der Waals surface area contributed by atoms with Crippen molar-refractivity contribution in [1.29, 1.82) is 0 Å². The molecule has 0 spiro atoms. The van der Waals surface area contributed by atoms with Crippen LogP contribution in [0, 0.1) is 6.92 Å². The normalized spacial score (nSPS) is 13.0. The Morgan fingerprint density at radius 3 is 1.35 bits per heavy atom. The first-order valence-corrected chi connectivity index (χ1v) is 16.4. The number of hydrogen-bond donors (Lipinski definition) is 3. The summed E-state index contributed by atoms with van der Waals surface area (Å²) in [5, 5.41) is 18.5. The molecule has 43 heavy (non-hydrogen) atoms. The molecule has 3 N–H and O–H groups in total. The maximum Gasteiger partial charge on any atom is 0.294 e. The van der Waals surface area contributed by atoms with Gasteiger partial charge in [0.15, 0.2) is 0 Å². The molecule has 0 heterocycles. The molecule has 0 aliphatic rings. The molecule has 0 fully saturated rings. The van der Waals surface area contributed by atoms with Crippen molar-refractivity contribution < 1.29 is 38.9 Å².